The van der Waals surface area contributed by atoms with Gasteiger partial charge in [0.15, 0.2) is 9.84 Å². The minimum absolute atomic E-state index is 0.105. The highest BCUT2D eigenvalue weighted by Gasteiger charge is 2.27. The molecular weight excluding hydrogens is 338 g/mol. The van der Waals surface area contributed by atoms with Gasteiger partial charge in [0.2, 0.25) is 5.95 Å². The van der Waals surface area contributed by atoms with Crippen molar-refractivity contribution in [3.8, 4) is 0 Å². The summed E-state index contributed by atoms with van der Waals surface area (Å²) in [6.45, 7) is 0. The van der Waals surface area contributed by atoms with Crippen molar-refractivity contribution < 1.29 is 8.42 Å². The Morgan fingerprint density at radius 2 is 1.92 bits per heavy atom. The molecule has 1 unspecified atom stereocenters. The predicted molar refractivity (Wildman–Crippen MR) is 97.7 cm³/mol. The van der Waals surface area contributed by atoms with Crippen LogP contribution in [0.15, 0.2) is 48.8 Å². The Labute approximate surface area is 145 Å². The van der Waals surface area contributed by atoms with Gasteiger partial charge in [0.25, 0.3) is 0 Å². The fourth-order valence-corrected chi connectivity index (χ4v) is 4.62. The van der Waals surface area contributed by atoms with Gasteiger partial charge < -0.3 is 10.6 Å². The summed E-state index contributed by atoms with van der Waals surface area (Å²) >= 11 is 0. The SMILES string of the molecule is O=S1(=O)CCC(Nc2ccnc(Nc3cccc4cccnc34)n2)C1. The molecule has 2 aromatic heterocycles. The Morgan fingerprint density at radius 3 is 2.76 bits per heavy atom. The zero-order valence-corrected chi connectivity index (χ0v) is 14.2. The van der Waals surface area contributed by atoms with Gasteiger partial charge in [-0.3, -0.25) is 4.98 Å². The Balaban J connectivity index is 1.55. The van der Waals surface area contributed by atoms with Crippen LogP contribution in [0, 0.1) is 0 Å². The van der Waals surface area contributed by atoms with E-state index in [-0.39, 0.29) is 17.5 Å². The van der Waals surface area contributed by atoms with Crippen LogP contribution in [0.1, 0.15) is 6.42 Å². The van der Waals surface area contributed by atoms with Crippen LogP contribution in [0.4, 0.5) is 17.5 Å². The molecule has 0 amide bonds. The van der Waals surface area contributed by atoms with Crippen molar-refractivity contribution >= 4 is 38.2 Å². The van der Waals surface area contributed by atoms with Crippen molar-refractivity contribution in [2.75, 3.05) is 22.1 Å². The molecule has 1 atom stereocenters. The van der Waals surface area contributed by atoms with Crippen molar-refractivity contribution in [3.05, 3.63) is 48.8 Å². The number of para-hydroxylation sites is 1. The van der Waals surface area contributed by atoms with Gasteiger partial charge in [-0.05, 0) is 24.6 Å². The lowest BCUT2D eigenvalue weighted by atomic mass is 10.2. The molecule has 1 saturated heterocycles. The summed E-state index contributed by atoms with van der Waals surface area (Å²) < 4.78 is 23.1. The highest BCUT2D eigenvalue weighted by atomic mass is 32.2. The molecule has 4 rings (SSSR count). The molecular formula is C17H17N5O2S. The molecule has 3 heterocycles. The second-order valence-corrected chi connectivity index (χ2v) is 8.24. The summed E-state index contributed by atoms with van der Waals surface area (Å²) in [6.07, 6.45) is 3.98. The second kappa shape index (κ2) is 6.29. The van der Waals surface area contributed by atoms with Gasteiger partial charge in [0, 0.05) is 23.8 Å². The lowest BCUT2D eigenvalue weighted by molar-refractivity contribution is 0.602. The summed E-state index contributed by atoms with van der Waals surface area (Å²) in [4.78, 5) is 13.1. The minimum Gasteiger partial charge on any atom is -0.366 e. The summed E-state index contributed by atoms with van der Waals surface area (Å²) in [5.41, 5.74) is 1.66. The largest absolute Gasteiger partial charge is 0.366 e. The molecule has 1 aliphatic rings. The molecule has 25 heavy (non-hydrogen) atoms. The Morgan fingerprint density at radius 1 is 1.04 bits per heavy atom. The smallest absolute Gasteiger partial charge is 0.229 e. The number of nitrogens with one attached hydrogen (secondary N) is 2. The van der Waals surface area contributed by atoms with E-state index < -0.39 is 9.84 Å². The first-order valence-electron chi connectivity index (χ1n) is 8.00. The molecule has 0 spiro atoms. The van der Waals surface area contributed by atoms with Crippen molar-refractivity contribution in [1.29, 1.82) is 0 Å². The number of rotatable bonds is 4. The van der Waals surface area contributed by atoms with Crippen molar-refractivity contribution in [1.82, 2.24) is 15.0 Å². The van der Waals surface area contributed by atoms with Gasteiger partial charge in [-0.25, -0.2) is 13.4 Å². The molecule has 3 aromatic rings. The van der Waals surface area contributed by atoms with E-state index in [0.717, 1.165) is 16.6 Å². The van der Waals surface area contributed by atoms with Gasteiger partial charge in [-0.2, -0.15) is 4.98 Å². The van der Waals surface area contributed by atoms with Gasteiger partial charge in [-0.15, -0.1) is 0 Å². The van der Waals surface area contributed by atoms with Crippen LogP contribution < -0.4 is 10.6 Å². The van der Waals surface area contributed by atoms with Crippen LogP contribution in [0.3, 0.4) is 0 Å². The molecule has 0 aliphatic carbocycles. The standard InChI is InChI=1S/C17H17N5O2S/c23-25(24)10-7-13(11-25)20-15-6-9-19-17(22-15)21-14-5-1-3-12-4-2-8-18-16(12)14/h1-6,8-9,13H,7,10-11H2,(H2,19,20,21,22). The van der Waals surface area contributed by atoms with Gasteiger partial charge in [0.1, 0.15) is 5.82 Å². The molecule has 0 saturated carbocycles. The summed E-state index contributed by atoms with van der Waals surface area (Å²) in [7, 11) is -2.93. The third kappa shape index (κ3) is 3.53. The molecule has 128 valence electrons. The number of aromatic nitrogens is 3. The monoisotopic (exact) mass is 355 g/mol. The number of sulfone groups is 1. The van der Waals surface area contributed by atoms with Crippen LogP contribution in [-0.4, -0.2) is 40.9 Å². The third-order valence-corrected chi connectivity index (χ3v) is 5.89. The second-order valence-electron chi connectivity index (χ2n) is 6.02. The lowest BCUT2D eigenvalue weighted by Crippen LogP contribution is -2.21. The van der Waals surface area contributed by atoms with Crippen LogP contribution in [0.25, 0.3) is 10.9 Å². The summed E-state index contributed by atoms with van der Waals surface area (Å²) in [5.74, 6) is 1.41. The van der Waals surface area contributed by atoms with Gasteiger partial charge in [0.05, 0.1) is 22.7 Å². The van der Waals surface area contributed by atoms with E-state index in [4.69, 9.17) is 0 Å². The van der Waals surface area contributed by atoms with E-state index in [2.05, 4.69) is 25.6 Å². The maximum atomic E-state index is 11.6. The first kappa shape index (κ1) is 15.8. The number of anilines is 3. The quantitative estimate of drug-likeness (QED) is 0.741. The maximum Gasteiger partial charge on any atom is 0.229 e. The van der Waals surface area contributed by atoms with E-state index in [0.29, 0.717) is 18.2 Å². The van der Waals surface area contributed by atoms with E-state index in [1.165, 1.54) is 0 Å². The minimum atomic E-state index is -2.93. The average molecular weight is 355 g/mol. The van der Waals surface area contributed by atoms with E-state index >= 15 is 0 Å². The zero-order valence-electron chi connectivity index (χ0n) is 13.4. The third-order valence-electron chi connectivity index (χ3n) is 4.12. The summed E-state index contributed by atoms with van der Waals surface area (Å²) in [5, 5.41) is 7.39. The predicted octanol–water partition coefficient (Wildman–Crippen LogP) is 2.37. The van der Waals surface area contributed by atoms with E-state index in [9.17, 15) is 8.42 Å². The first-order valence-corrected chi connectivity index (χ1v) is 9.82. The van der Waals surface area contributed by atoms with Gasteiger partial charge in [-0.1, -0.05) is 18.2 Å². The number of pyridine rings is 1. The Hall–Kier alpha value is -2.74. The van der Waals surface area contributed by atoms with Crippen LogP contribution in [0.5, 0.6) is 0 Å². The fraction of sp³-hybridized carbons (Fsp3) is 0.235. The number of benzene rings is 1. The van der Waals surface area contributed by atoms with Crippen LogP contribution in [0.2, 0.25) is 0 Å². The Bertz CT molecular complexity index is 1020. The zero-order chi connectivity index (χ0) is 17.3. The highest BCUT2D eigenvalue weighted by molar-refractivity contribution is 7.91. The number of hydrogen-bond acceptors (Lipinski definition) is 7. The molecule has 1 aliphatic heterocycles. The molecule has 2 N–H and O–H groups in total. The van der Waals surface area contributed by atoms with E-state index in [1.54, 1.807) is 18.5 Å². The number of fused-ring (bicyclic) bond motifs is 1. The fourth-order valence-electron chi connectivity index (χ4n) is 2.94. The molecule has 0 radical (unpaired) electrons. The Kier molecular flexibility index (Phi) is 3.96. The number of hydrogen-bond donors (Lipinski definition) is 2. The maximum absolute atomic E-state index is 11.6. The first-order chi connectivity index (χ1) is 12.1. The molecule has 1 aromatic carbocycles. The van der Waals surface area contributed by atoms with Crippen molar-refractivity contribution in [2.45, 2.75) is 12.5 Å². The molecule has 1 fully saturated rings. The lowest BCUT2D eigenvalue weighted by Gasteiger charge is -2.13. The average Bonchev–Trinajstić information content (AvgIpc) is 2.94. The van der Waals surface area contributed by atoms with Crippen LogP contribution >= 0.6 is 0 Å². The molecule has 7 nitrogen and oxygen atoms in total. The van der Waals surface area contributed by atoms with Crippen molar-refractivity contribution in [2.24, 2.45) is 0 Å². The van der Waals surface area contributed by atoms with Crippen LogP contribution in [-0.2, 0) is 9.84 Å². The van der Waals surface area contributed by atoms with E-state index in [1.807, 2.05) is 30.3 Å². The summed E-state index contributed by atoms with van der Waals surface area (Å²) in [6, 6.07) is 11.4. The van der Waals surface area contributed by atoms with Crippen molar-refractivity contribution in [3.63, 3.8) is 0 Å². The topological polar surface area (TPSA) is 96.9 Å². The number of nitrogens with zero attached hydrogens (tertiary/aromatic N) is 3. The highest BCUT2D eigenvalue weighted by Crippen LogP contribution is 2.23. The van der Waals surface area contributed by atoms with Gasteiger partial charge >= 0.3 is 0 Å². The molecule has 0 bridgehead atoms. The molecule has 8 heteroatoms. The normalized spacial score (nSPS) is 19.0.